The van der Waals surface area contributed by atoms with Crippen LogP contribution in [0, 0.1) is 5.92 Å². The van der Waals surface area contributed by atoms with Crippen molar-refractivity contribution in [3.63, 3.8) is 0 Å². The summed E-state index contributed by atoms with van der Waals surface area (Å²) in [7, 11) is 1.50. The number of hydrogen-bond donors (Lipinski definition) is 2. The molecule has 130 valence electrons. The van der Waals surface area contributed by atoms with Crippen LogP contribution in [-0.4, -0.2) is 42.8 Å². The fourth-order valence-electron chi connectivity index (χ4n) is 3.87. The van der Waals surface area contributed by atoms with Gasteiger partial charge >= 0.3 is 5.97 Å². The zero-order valence-corrected chi connectivity index (χ0v) is 14.0. The summed E-state index contributed by atoms with van der Waals surface area (Å²) >= 11 is 0. The Morgan fingerprint density at radius 2 is 2.21 bits per heavy atom. The van der Waals surface area contributed by atoms with Crippen molar-refractivity contribution < 1.29 is 24.2 Å². The average Bonchev–Trinajstić information content (AvgIpc) is 3.22. The van der Waals surface area contributed by atoms with Crippen LogP contribution in [0.4, 0.5) is 0 Å². The number of fused-ring (bicyclic) bond motifs is 2. The highest BCUT2D eigenvalue weighted by Gasteiger charge is 2.61. The van der Waals surface area contributed by atoms with Crippen molar-refractivity contribution in [1.82, 2.24) is 5.32 Å². The molecule has 2 N–H and O–H groups in total. The van der Waals surface area contributed by atoms with Crippen LogP contribution in [0.1, 0.15) is 31.7 Å². The molecule has 1 fully saturated rings. The van der Waals surface area contributed by atoms with E-state index < -0.39 is 11.5 Å². The van der Waals surface area contributed by atoms with Crippen LogP contribution in [0.2, 0.25) is 0 Å². The molecule has 24 heavy (non-hydrogen) atoms. The van der Waals surface area contributed by atoms with Gasteiger partial charge in [0.15, 0.2) is 0 Å². The number of methoxy groups -OCH3 is 1. The molecule has 1 spiro atoms. The van der Waals surface area contributed by atoms with Crippen LogP contribution in [0.15, 0.2) is 24.3 Å². The molecule has 0 saturated heterocycles. The number of para-hydroxylation sites is 1. The van der Waals surface area contributed by atoms with Crippen LogP contribution in [-0.2, 0) is 19.7 Å². The Kier molecular flexibility index (Phi) is 4.25. The van der Waals surface area contributed by atoms with Gasteiger partial charge in [-0.05, 0) is 25.8 Å². The van der Waals surface area contributed by atoms with Crippen molar-refractivity contribution >= 4 is 11.9 Å². The molecule has 1 aromatic rings. The normalized spacial score (nSPS) is 26.8. The maximum absolute atomic E-state index is 12.8. The predicted molar refractivity (Wildman–Crippen MR) is 87.0 cm³/mol. The molecule has 1 saturated carbocycles. The summed E-state index contributed by atoms with van der Waals surface area (Å²) in [5.41, 5.74) is 0.00510. The molecule has 6 nitrogen and oxygen atoms in total. The number of carboxylic acid groups (broad SMARTS) is 1. The minimum atomic E-state index is -0.961. The van der Waals surface area contributed by atoms with Gasteiger partial charge in [0, 0.05) is 24.0 Å². The molecule has 0 bridgehead atoms. The van der Waals surface area contributed by atoms with E-state index in [-0.39, 0.29) is 30.3 Å². The summed E-state index contributed by atoms with van der Waals surface area (Å²) < 4.78 is 10.8. The van der Waals surface area contributed by atoms with Crippen LogP contribution >= 0.6 is 0 Å². The Labute approximate surface area is 141 Å². The molecule has 6 heteroatoms. The van der Waals surface area contributed by atoms with Gasteiger partial charge in [0.05, 0.1) is 25.2 Å². The molecule has 1 aliphatic heterocycles. The average molecular weight is 333 g/mol. The Morgan fingerprint density at radius 3 is 2.92 bits per heavy atom. The van der Waals surface area contributed by atoms with Crippen molar-refractivity contribution in [2.75, 3.05) is 20.3 Å². The number of nitrogens with one attached hydrogen (secondary N) is 1. The van der Waals surface area contributed by atoms with Crippen LogP contribution in [0.5, 0.6) is 5.75 Å². The van der Waals surface area contributed by atoms with E-state index in [0.29, 0.717) is 6.61 Å². The highest BCUT2D eigenvalue weighted by molar-refractivity contribution is 5.86. The first-order valence-corrected chi connectivity index (χ1v) is 8.15. The Bertz CT molecular complexity index is 661. The van der Waals surface area contributed by atoms with Gasteiger partial charge in [-0.2, -0.15) is 0 Å². The van der Waals surface area contributed by atoms with Gasteiger partial charge in [0.25, 0.3) is 0 Å². The highest BCUT2D eigenvalue weighted by atomic mass is 16.5. The summed E-state index contributed by atoms with van der Waals surface area (Å²) in [4.78, 5) is 23.9. The third kappa shape index (κ3) is 2.98. The van der Waals surface area contributed by atoms with E-state index in [0.717, 1.165) is 24.2 Å². The fraction of sp³-hybridized carbons (Fsp3) is 0.556. The van der Waals surface area contributed by atoms with Gasteiger partial charge in [-0.15, -0.1) is 0 Å². The number of rotatable bonds is 6. The number of ether oxygens (including phenoxy) is 2. The summed E-state index contributed by atoms with van der Waals surface area (Å²) in [5, 5.41) is 12.0. The van der Waals surface area contributed by atoms with Crippen molar-refractivity contribution in [3.8, 4) is 5.75 Å². The number of carbonyl (C=O) groups is 2. The van der Waals surface area contributed by atoms with Crippen LogP contribution in [0.25, 0.3) is 0 Å². The lowest BCUT2D eigenvalue weighted by molar-refractivity contribution is -0.139. The van der Waals surface area contributed by atoms with E-state index in [1.165, 1.54) is 7.11 Å². The molecular formula is C18H23NO5. The first-order valence-electron chi connectivity index (χ1n) is 8.15. The molecule has 3 atom stereocenters. The molecule has 1 unspecified atom stereocenters. The fourth-order valence-corrected chi connectivity index (χ4v) is 3.87. The molecule has 0 aromatic heterocycles. The minimum absolute atomic E-state index is 0.104. The number of benzene rings is 1. The summed E-state index contributed by atoms with van der Waals surface area (Å²) in [6, 6.07) is 7.84. The molecule has 0 radical (unpaired) electrons. The molecule has 1 amide bonds. The maximum atomic E-state index is 12.8. The summed E-state index contributed by atoms with van der Waals surface area (Å²) in [6.07, 6.45) is 1.41. The van der Waals surface area contributed by atoms with Gasteiger partial charge in [-0.1, -0.05) is 18.2 Å². The van der Waals surface area contributed by atoms with E-state index in [9.17, 15) is 9.59 Å². The second-order valence-electron chi connectivity index (χ2n) is 7.06. The summed E-state index contributed by atoms with van der Waals surface area (Å²) in [5.74, 6) is -0.360. The van der Waals surface area contributed by atoms with Crippen molar-refractivity contribution in [1.29, 1.82) is 0 Å². The quantitative estimate of drug-likeness (QED) is 0.828. The van der Waals surface area contributed by atoms with E-state index in [1.807, 2.05) is 24.3 Å². The van der Waals surface area contributed by atoms with E-state index in [1.54, 1.807) is 6.92 Å². The van der Waals surface area contributed by atoms with Crippen molar-refractivity contribution in [2.45, 2.75) is 37.1 Å². The molecule has 1 aliphatic carbocycles. The van der Waals surface area contributed by atoms with Crippen molar-refractivity contribution in [3.05, 3.63) is 29.8 Å². The second kappa shape index (κ2) is 6.09. The van der Waals surface area contributed by atoms with Gasteiger partial charge < -0.3 is 19.9 Å². The monoisotopic (exact) mass is 333 g/mol. The van der Waals surface area contributed by atoms with E-state index in [2.05, 4.69) is 5.32 Å². The smallest absolute Gasteiger partial charge is 0.305 e. The number of carboxylic acids is 1. The van der Waals surface area contributed by atoms with Crippen LogP contribution in [0.3, 0.4) is 0 Å². The zero-order valence-electron chi connectivity index (χ0n) is 14.0. The third-order valence-electron chi connectivity index (χ3n) is 5.05. The maximum Gasteiger partial charge on any atom is 0.305 e. The predicted octanol–water partition coefficient (Wildman–Crippen LogP) is 1.72. The second-order valence-corrected chi connectivity index (χ2v) is 7.06. The topological polar surface area (TPSA) is 84.9 Å². The lowest BCUT2D eigenvalue weighted by atomic mass is 9.87. The molecule has 3 rings (SSSR count). The molecular weight excluding hydrogens is 310 g/mol. The Hall–Kier alpha value is -2.08. The van der Waals surface area contributed by atoms with Gasteiger partial charge in [-0.3, -0.25) is 9.59 Å². The third-order valence-corrected chi connectivity index (χ3v) is 5.05. The number of amides is 1. The van der Waals surface area contributed by atoms with Gasteiger partial charge in [-0.25, -0.2) is 0 Å². The zero-order chi connectivity index (χ0) is 17.4. The molecule has 1 heterocycles. The number of carbonyl (C=O) groups excluding carboxylic acids is 1. The van der Waals surface area contributed by atoms with E-state index >= 15 is 0 Å². The van der Waals surface area contributed by atoms with Crippen molar-refractivity contribution in [2.24, 2.45) is 5.92 Å². The van der Waals surface area contributed by atoms with Crippen LogP contribution < -0.4 is 10.1 Å². The largest absolute Gasteiger partial charge is 0.493 e. The minimum Gasteiger partial charge on any atom is -0.493 e. The number of hydrogen-bond acceptors (Lipinski definition) is 4. The summed E-state index contributed by atoms with van der Waals surface area (Å²) in [6.45, 7) is 2.46. The first-order chi connectivity index (χ1) is 11.4. The Balaban J connectivity index is 1.75. The van der Waals surface area contributed by atoms with E-state index in [4.69, 9.17) is 14.6 Å². The lowest BCUT2D eigenvalue weighted by Crippen LogP contribution is -2.51. The van der Waals surface area contributed by atoms with Gasteiger partial charge in [0.2, 0.25) is 5.91 Å². The lowest BCUT2D eigenvalue weighted by Gasteiger charge is -2.30. The first kappa shape index (κ1) is 16.8. The van der Waals surface area contributed by atoms with Gasteiger partial charge in [0.1, 0.15) is 5.75 Å². The highest BCUT2D eigenvalue weighted by Crippen LogP contribution is 2.60. The molecule has 1 aromatic carbocycles. The number of aliphatic carboxylic acids is 1. The Morgan fingerprint density at radius 1 is 1.46 bits per heavy atom. The standard InChI is InChI=1S/C18H23NO5/c1-17(11-23-2,10-15(20)21)19-16(22)13-9-18(13)7-8-24-14-6-4-3-5-12(14)18/h3-6,13H,7-11H2,1-2H3,(H,19,22)(H,20,21)/t13-,17?,18-/m0/s1. The SMILES string of the molecule is COCC(C)(CC(=O)O)NC(=O)[C@@H]1C[C@]12CCOc1ccccc12. The molecule has 2 aliphatic rings.